The highest BCUT2D eigenvalue weighted by molar-refractivity contribution is 5.93. The van der Waals surface area contributed by atoms with Crippen molar-refractivity contribution in [3.8, 4) is 11.4 Å². The number of hydrogen-bond donors (Lipinski definition) is 2. The first-order valence-electron chi connectivity index (χ1n) is 9.35. The normalized spacial score (nSPS) is 16.2. The van der Waals surface area contributed by atoms with Crippen LogP contribution in [0.15, 0.2) is 24.3 Å². The maximum atomic E-state index is 12.8. The van der Waals surface area contributed by atoms with E-state index in [1.54, 1.807) is 19.1 Å². The van der Waals surface area contributed by atoms with Gasteiger partial charge in [0.1, 0.15) is 5.75 Å². The van der Waals surface area contributed by atoms with Gasteiger partial charge in [-0.05, 0) is 50.5 Å². The molecule has 1 heterocycles. The average Bonchev–Trinajstić information content (AvgIpc) is 3.04. The summed E-state index contributed by atoms with van der Waals surface area (Å²) in [7, 11) is 0. The molecule has 1 aliphatic rings. The molecule has 0 atom stereocenters. The standard InChI is InChI=1S/C19H24F2N4O3/c1-13-16(17(27)22-19(11-12-26)9-3-2-4-10-19)23-24-25(13)14-5-7-15(8-6-14)28-18(20)21/h5-8,18,26H,2-4,9-12H2,1H3,(H,22,27). The van der Waals surface area contributed by atoms with Crippen LogP contribution in [0.3, 0.4) is 0 Å². The predicted octanol–water partition coefficient (Wildman–Crippen LogP) is 2.99. The molecule has 0 aliphatic heterocycles. The molecule has 1 saturated carbocycles. The minimum absolute atomic E-state index is 0.0129. The van der Waals surface area contributed by atoms with Crippen LogP contribution in [0, 0.1) is 6.92 Å². The molecule has 7 nitrogen and oxygen atoms in total. The number of rotatable bonds is 7. The fourth-order valence-corrected chi connectivity index (χ4v) is 3.73. The lowest BCUT2D eigenvalue weighted by molar-refractivity contribution is -0.0498. The maximum Gasteiger partial charge on any atom is 0.387 e. The van der Waals surface area contributed by atoms with Crippen molar-refractivity contribution in [1.29, 1.82) is 0 Å². The van der Waals surface area contributed by atoms with Gasteiger partial charge in [0.2, 0.25) is 0 Å². The Labute approximate surface area is 161 Å². The van der Waals surface area contributed by atoms with E-state index in [4.69, 9.17) is 0 Å². The van der Waals surface area contributed by atoms with Crippen molar-refractivity contribution in [2.45, 2.75) is 57.6 Å². The molecule has 0 saturated heterocycles. The lowest BCUT2D eigenvalue weighted by atomic mass is 9.79. The number of hydrogen-bond acceptors (Lipinski definition) is 5. The van der Waals surface area contributed by atoms with Crippen molar-refractivity contribution in [1.82, 2.24) is 20.3 Å². The summed E-state index contributed by atoms with van der Waals surface area (Å²) in [6.07, 6.45) is 5.33. The minimum atomic E-state index is -2.89. The van der Waals surface area contributed by atoms with E-state index in [0.29, 0.717) is 17.8 Å². The molecule has 1 fully saturated rings. The van der Waals surface area contributed by atoms with Gasteiger partial charge >= 0.3 is 6.61 Å². The number of halogens is 2. The molecule has 152 valence electrons. The molecule has 9 heteroatoms. The Bertz CT molecular complexity index is 797. The number of carbonyl (C=O) groups excluding carboxylic acids is 1. The van der Waals surface area contributed by atoms with E-state index in [-0.39, 0.29) is 24.0 Å². The summed E-state index contributed by atoms with van der Waals surface area (Å²) >= 11 is 0. The van der Waals surface area contributed by atoms with Gasteiger partial charge < -0.3 is 15.2 Å². The second kappa shape index (κ2) is 8.64. The largest absolute Gasteiger partial charge is 0.435 e. The predicted molar refractivity (Wildman–Crippen MR) is 97.7 cm³/mol. The molecular weight excluding hydrogens is 370 g/mol. The molecule has 28 heavy (non-hydrogen) atoms. The Balaban J connectivity index is 1.77. The van der Waals surface area contributed by atoms with E-state index in [0.717, 1.165) is 32.1 Å². The van der Waals surface area contributed by atoms with Crippen LogP contribution in [-0.2, 0) is 0 Å². The van der Waals surface area contributed by atoms with Crippen molar-refractivity contribution >= 4 is 5.91 Å². The van der Waals surface area contributed by atoms with Crippen LogP contribution >= 0.6 is 0 Å². The van der Waals surface area contributed by atoms with Crippen molar-refractivity contribution in [3.05, 3.63) is 35.7 Å². The maximum absolute atomic E-state index is 12.8. The van der Waals surface area contributed by atoms with E-state index in [1.165, 1.54) is 16.8 Å². The average molecular weight is 394 g/mol. The van der Waals surface area contributed by atoms with Gasteiger partial charge in [0, 0.05) is 12.1 Å². The van der Waals surface area contributed by atoms with Crippen molar-refractivity contribution in [2.75, 3.05) is 6.61 Å². The van der Waals surface area contributed by atoms with Gasteiger partial charge in [0.25, 0.3) is 5.91 Å². The van der Waals surface area contributed by atoms with Gasteiger partial charge in [-0.3, -0.25) is 4.79 Å². The van der Waals surface area contributed by atoms with Crippen molar-refractivity contribution in [3.63, 3.8) is 0 Å². The van der Waals surface area contributed by atoms with Crippen LogP contribution in [0.25, 0.3) is 5.69 Å². The molecule has 0 bridgehead atoms. The van der Waals surface area contributed by atoms with Gasteiger partial charge in [0.05, 0.1) is 11.4 Å². The van der Waals surface area contributed by atoms with Crippen LogP contribution < -0.4 is 10.1 Å². The summed E-state index contributed by atoms with van der Waals surface area (Å²) in [5.41, 5.74) is 0.911. The molecule has 1 aromatic heterocycles. The SMILES string of the molecule is Cc1c(C(=O)NC2(CCO)CCCCC2)nnn1-c1ccc(OC(F)F)cc1. The molecule has 0 unspecified atom stereocenters. The summed E-state index contributed by atoms with van der Waals surface area (Å²) in [5.74, 6) is -0.283. The monoisotopic (exact) mass is 394 g/mol. The highest BCUT2D eigenvalue weighted by Gasteiger charge is 2.34. The van der Waals surface area contributed by atoms with E-state index in [9.17, 15) is 18.7 Å². The van der Waals surface area contributed by atoms with Crippen LogP contribution in [0.4, 0.5) is 8.78 Å². The van der Waals surface area contributed by atoms with E-state index < -0.39 is 12.2 Å². The molecule has 1 amide bonds. The third-order valence-electron chi connectivity index (χ3n) is 5.20. The van der Waals surface area contributed by atoms with Gasteiger partial charge in [-0.2, -0.15) is 8.78 Å². The Kier molecular flexibility index (Phi) is 6.23. The molecule has 3 rings (SSSR count). The summed E-state index contributed by atoms with van der Waals surface area (Å²) in [4.78, 5) is 12.8. The van der Waals surface area contributed by atoms with Gasteiger partial charge in [-0.15, -0.1) is 5.10 Å². The van der Waals surface area contributed by atoms with Crippen LogP contribution in [0.2, 0.25) is 0 Å². The van der Waals surface area contributed by atoms with Gasteiger partial charge in [-0.1, -0.05) is 24.5 Å². The summed E-state index contributed by atoms with van der Waals surface area (Å²) in [6.45, 7) is -1.16. The quantitative estimate of drug-likeness (QED) is 0.754. The lowest BCUT2D eigenvalue weighted by Crippen LogP contribution is -2.50. The highest BCUT2D eigenvalue weighted by Crippen LogP contribution is 2.31. The van der Waals surface area contributed by atoms with Crippen molar-refractivity contribution < 1.29 is 23.4 Å². The van der Waals surface area contributed by atoms with Gasteiger partial charge in [-0.25, -0.2) is 4.68 Å². The molecule has 1 aliphatic carbocycles. The minimum Gasteiger partial charge on any atom is -0.435 e. The first kappa shape index (κ1) is 20.2. The second-order valence-electron chi connectivity index (χ2n) is 7.08. The van der Waals surface area contributed by atoms with Crippen molar-refractivity contribution in [2.24, 2.45) is 0 Å². The number of aliphatic hydroxyl groups excluding tert-OH is 1. The van der Waals surface area contributed by atoms with E-state index >= 15 is 0 Å². The number of carbonyl (C=O) groups is 1. The smallest absolute Gasteiger partial charge is 0.387 e. The number of ether oxygens (including phenoxy) is 1. The van der Waals surface area contributed by atoms with E-state index in [1.807, 2.05) is 0 Å². The Morgan fingerprint density at radius 3 is 2.57 bits per heavy atom. The zero-order valence-corrected chi connectivity index (χ0v) is 15.7. The second-order valence-corrected chi connectivity index (χ2v) is 7.08. The zero-order valence-electron chi connectivity index (χ0n) is 15.7. The molecule has 2 aromatic rings. The number of nitrogens with zero attached hydrogens (tertiary/aromatic N) is 3. The number of amides is 1. The molecule has 1 aromatic carbocycles. The fraction of sp³-hybridized carbons (Fsp3) is 0.526. The number of alkyl halides is 2. The first-order valence-corrected chi connectivity index (χ1v) is 9.35. The van der Waals surface area contributed by atoms with Crippen LogP contribution in [0.5, 0.6) is 5.75 Å². The number of aliphatic hydroxyl groups is 1. The number of aromatic nitrogens is 3. The third-order valence-corrected chi connectivity index (χ3v) is 5.20. The fourth-order valence-electron chi connectivity index (χ4n) is 3.73. The molecule has 0 radical (unpaired) electrons. The van der Waals surface area contributed by atoms with Gasteiger partial charge in [0.15, 0.2) is 5.69 Å². The Morgan fingerprint density at radius 1 is 1.29 bits per heavy atom. The molecule has 2 N–H and O–H groups in total. The third kappa shape index (κ3) is 4.46. The summed E-state index contributed by atoms with van der Waals surface area (Å²) < 4.78 is 30.3. The zero-order chi connectivity index (χ0) is 20.1. The summed E-state index contributed by atoms with van der Waals surface area (Å²) in [5, 5.41) is 20.5. The molecular formula is C19H24F2N4O3. The van der Waals surface area contributed by atoms with Crippen LogP contribution in [0.1, 0.15) is 54.7 Å². The van der Waals surface area contributed by atoms with Crippen LogP contribution in [-0.4, -0.2) is 44.8 Å². The van der Waals surface area contributed by atoms with E-state index in [2.05, 4.69) is 20.4 Å². The molecule has 0 spiro atoms. The summed E-state index contributed by atoms with van der Waals surface area (Å²) in [6, 6.07) is 5.94. The topological polar surface area (TPSA) is 89.3 Å². The Morgan fingerprint density at radius 2 is 1.96 bits per heavy atom. The number of nitrogens with one attached hydrogen (secondary N) is 1. The lowest BCUT2D eigenvalue weighted by Gasteiger charge is -2.37. The first-order chi connectivity index (χ1) is 13.4. The number of benzene rings is 1. The highest BCUT2D eigenvalue weighted by atomic mass is 19.3. The Hall–Kier alpha value is -2.55.